The number of hydrogen-bond donors (Lipinski definition) is 1. The minimum absolute atomic E-state index is 0.139. The Hall–Kier alpha value is -2.00. The molecule has 1 saturated heterocycles. The monoisotopic (exact) mass is 341 g/mol. The van der Waals surface area contributed by atoms with Crippen molar-refractivity contribution in [1.82, 2.24) is 4.72 Å². The highest BCUT2D eigenvalue weighted by atomic mass is 32.2. The number of hydrogen-bond acceptors (Lipinski definition) is 5. The van der Waals surface area contributed by atoms with Crippen LogP contribution in [0.2, 0.25) is 0 Å². The lowest BCUT2D eigenvalue weighted by atomic mass is 10.2. The van der Waals surface area contributed by atoms with E-state index in [1.807, 2.05) is 6.92 Å². The minimum atomic E-state index is -3.84. The molecule has 1 atom stereocenters. The van der Waals surface area contributed by atoms with Crippen LogP contribution < -0.4 is 9.62 Å². The molecule has 1 N–H and O–H groups in total. The summed E-state index contributed by atoms with van der Waals surface area (Å²) < 4.78 is 27.0. The third-order valence-electron chi connectivity index (χ3n) is 3.79. The largest absolute Gasteiger partial charge is 0.306 e. The van der Waals surface area contributed by atoms with Gasteiger partial charge < -0.3 is 4.90 Å². The molecular formula is C14H19N3O5S. The Labute approximate surface area is 134 Å². The summed E-state index contributed by atoms with van der Waals surface area (Å²) in [5.74, 6) is -0.193. The Morgan fingerprint density at radius 2 is 2.13 bits per heavy atom. The van der Waals surface area contributed by atoms with Gasteiger partial charge in [-0.05, 0) is 31.9 Å². The first-order valence-corrected chi connectivity index (χ1v) is 8.85. The number of amides is 1. The van der Waals surface area contributed by atoms with Crippen molar-refractivity contribution in [1.29, 1.82) is 0 Å². The molecule has 1 aromatic rings. The van der Waals surface area contributed by atoms with Crippen LogP contribution in [-0.4, -0.2) is 31.8 Å². The van der Waals surface area contributed by atoms with Crippen LogP contribution >= 0.6 is 0 Å². The molecule has 0 unspecified atom stereocenters. The average Bonchev–Trinajstić information content (AvgIpc) is 2.92. The van der Waals surface area contributed by atoms with Crippen molar-refractivity contribution in [3.63, 3.8) is 0 Å². The fourth-order valence-corrected chi connectivity index (χ4v) is 3.71. The molecule has 23 heavy (non-hydrogen) atoms. The molecule has 0 bridgehead atoms. The molecule has 0 saturated carbocycles. The quantitative estimate of drug-likeness (QED) is 0.626. The van der Waals surface area contributed by atoms with E-state index in [4.69, 9.17) is 0 Å². The van der Waals surface area contributed by atoms with Gasteiger partial charge >= 0.3 is 0 Å². The normalized spacial score (nSPS) is 16.6. The second kappa shape index (κ2) is 6.63. The summed E-state index contributed by atoms with van der Waals surface area (Å²) >= 11 is 0. The predicted molar refractivity (Wildman–Crippen MR) is 84.8 cm³/mol. The van der Waals surface area contributed by atoms with Crippen LogP contribution in [0.15, 0.2) is 23.1 Å². The molecule has 0 aromatic heterocycles. The molecule has 0 radical (unpaired) electrons. The Bertz CT molecular complexity index is 732. The zero-order chi connectivity index (χ0) is 17.2. The lowest BCUT2D eigenvalue weighted by Crippen LogP contribution is -2.32. The second-order valence-electron chi connectivity index (χ2n) is 5.49. The van der Waals surface area contributed by atoms with E-state index in [0.717, 1.165) is 6.07 Å². The van der Waals surface area contributed by atoms with Crippen molar-refractivity contribution in [2.24, 2.45) is 0 Å². The summed E-state index contributed by atoms with van der Waals surface area (Å²) in [5, 5.41) is 11.3. The van der Waals surface area contributed by atoms with Crippen LogP contribution in [-0.2, 0) is 14.8 Å². The van der Waals surface area contributed by atoms with Gasteiger partial charge in [0.2, 0.25) is 15.9 Å². The Morgan fingerprint density at radius 1 is 1.43 bits per heavy atom. The van der Waals surface area contributed by atoms with E-state index in [9.17, 15) is 23.3 Å². The van der Waals surface area contributed by atoms with Crippen LogP contribution in [0.25, 0.3) is 0 Å². The number of benzene rings is 1. The zero-order valence-corrected chi connectivity index (χ0v) is 13.8. The highest BCUT2D eigenvalue weighted by Gasteiger charge is 2.30. The second-order valence-corrected chi connectivity index (χ2v) is 7.20. The number of rotatable bonds is 6. The van der Waals surface area contributed by atoms with Gasteiger partial charge in [-0.15, -0.1) is 0 Å². The first-order valence-electron chi connectivity index (χ1n) is 7.37. The van der Waals surface area contributed by atoms with Crippen molar-refractivity contribution < 1.29 is 18.1 Å². The molecule has 126 valence electrons. The molecule has 2 rings (SSSR count). The molecule has 0 aliphatic carbocycles. The highest BCUT2D eigenvalue weighted by molar-refractivity contribution is 7.89. The van der Waals surface area contributed by atoms with Crippen molar-refractivity contribution in [3.8, 4) is 0 Å². The van der Waals surface area contributed by atoms with Gasteiger partial charge in [-0.2, -0.15) is 0 Å². The molecule has 1 heterocycles. The van der Waals surface area contributed by atoms with Gasteiger partial charge in [-0.25, -0.2) is 13.1 Å². The molecule has 8 nitrogen and oxygen atoms in total. The topological polar surface area (TPSA) is 110 Å². The van der Waals surface area contributed by atoms with Gasteiger partial charge in [0.25, 0.3) is 5.69 Å². The Balaban J connectivity index is 2.44. The lowest BCUT2D eigenvalue weighted by Gasteiger charge is -2.17. The standard InChI is InChI=1S/C14H19N3O5S/c1-3-10(2)15-23(21,22)11-6-7-12(13(9-11)17(19)20)16-8-4-5-14(16)18/h6-7,9-10,15H,3-5,8H2,1-2H3/t10-/m0/s1. The fraction of sp³-hybridized carbons (Fsp3) is 0.500. The molecule has 0 spiro atoms. The average molecular weight is 341 g/mol. The molecule has 9 heteroatoms. The smallest absolute Gasteiger partial charge is 0.294 e. The van der Waals surface area contributed by atoms with Crippen molar-refractivity contribution in [2.75, 3.05) is 11.4 Å². The third kappa shape index (κ3) is 3.67. The molecule has 1 aliphatic rings. The van der Waals surface area contributed by atoms with Crippen LogP contribution in [0.5, 0.6) is 0 Å². The molecule has 1 aliphatic heterocycles. The molecular weight excluding hydrogens is 322 g/mol. The van der Waals surface area contributed by atoms with E-state index >= 15 is 0 Å². The van der Waals surface area contributed by atoms with Gasteiger partial charge in [0.05, 0.1) is 9.82 Å². The molecule has 1 aromatic carbocycles. The van der Waals surface area contributed by atoms with E-state index in [2.05, 4.69) is 4.72 Å². The first kappa shape index (κ1) is 17.4. The Morgan fingerprint density at radius 3 is 2.65 bits per heavy atom. The van der Waals surface area contributed by atoms with Crippen LogP contribution in [0, 0.1) is 10.1 Å². The van der Waals surface area contributed by atoms with Crippen LogP contribution in [0.3, 0.4) is 0 Å². The maximum Gasteiger partial charge on any atom is 0.294 e. The number of nitro groups is 1. The number of sulfonamides is 1. The first-order chi connectivity index (χ1) is 10.8. The highest BCUT2D eigenvalue weighted by Crippen LogP contribution is 2.33. The van der Waals surface area contributed by atoms with Crippen molar-refractivity contribution >= 4 is 27.3 Å². The fourth-order valence-electron chi connectivity index (χ4n) is 2.36. The number of anilines is 1. The lowest BCUT2D eigenvalue weighted by molar-refractivity contribution is -0.384. The van der Waals surface area contributed by atoms with E-state index in [1.54, 1.807) is 6.92 Å². The molecule has 1 amide bonds. The van der Waals surface area contributed by atoms with E-state index in [0.29, 0.717) is 25.8 Å². The summed E-state index contributed by atoms with van der Waals surface area (Å²) in [6.45, 7) is 3.94. The maximum atomic E-state index is 12.3. The van der Waals surface area contributed by atoms with Crippen LogP contribution in [0.1, 0.15) is 33.1 Å². The van der Waals surface area contributed by atoms with Crippen LogP contribution in [0.4, 0.5) is 11.4 Å². The van der Waals surface area contributed by atoms with E-state index in [-0.39, 0.29) is 28.2 Å². The number of nitrogens with one attached hydrogen (secondary N) is 1. The number of carbonyl (C=O) groups excluding carboxylic acids is 1. The number of carbonyl (C=O) groups is 1. The zero-order valence-electron chi connectivity index (χ0n) is 13.0. The van der Waals surface area contributed by atoms with Gasteiger partial charge in [0, 0.05) is 25.1 Å². The summed E-state index contributed by atoms with van der Waals surface area (Å²) in [6.07, 6.45) is 1.57. The maximum absolute atomic E-state index is 12.3. The van der Waals surface area contributed by atoms with Gasteiger partial charge in [0.15, 0.2) is 0 Å². The van der Waals surface area contributed by atoms with Gasteiger partial charge in [0.1, 0.15) is 5.69 Å². The van der Waals surface area contributed by atoms with Gasteiger partial charge in [-0.1, -0.05) is 6.92 Å². The summed E-state index contributed by atoms with van der Waals surface area (Å²) in [5.41, 5.74) is -0.243. The number of nitro benzene ring substituents is 1. The number of nitrogens with zero attached hydrogens (tertiary/aromatic N) is 2. The van der Waals surface area contributed by atoms with Gasteiger partial charge in [-0.3, -0.25) is 14.9 Å². The van der Waals surface area contributed by atoms with E-state index < -0.39 is 14.9 Å². The summed E-state index contributed by atoms with van der Waals surface area (Å²) in [4.78, 5) is 23.6. The SMILES string of the molecule is CC[C@H](C)NS(=O)(=O)c1ccc(N2CCCC2=O)c([N+](=O)[O-])c1. The predicted octanol–water partition coefficient (Wildman–Crippen LogP) is 1.80. The molecule has 1 fully saturated rings. The summed E-state index contributed by atoms with van der Waals surface area (Å²) in [6, 6.07) is 3.34. The van der Waals surface area contributed by atoms with E-state index in [1.165, 1.54) is 17.0 Å². The van der Waals surface area contributed by atoms with Crippen molar-refractivity contribution in [2.45, 2.75) is 44.0 Å². The van der Waals surface area contributed by atoms with Crippen molar-refractivity contribution in [3.05, 3.63) is 28.3 Å². The Kier molecular flexibility index (Phi) is 5.00. The minimum Gasteiger partial charge on any atom is -0.306 e. The third-order valence-corrected chi connectivity index (χ3v) is 5.37. The summed E-state index contributed by atoms with van der Waals surface area (Å²) in [7, 11) is -3.84.